The van der Waals surface area contributed by atoms with E-state index in [0.717, 1.165) is 0 Å². The topological polar surface area (TPSA) is 43.8 Å². The molecule has 2 rings (SSSR count). The molecule has 1 N–H and O–H groups in total. The predicted octanol–water partition coefficient (Wildman–Crippen LogP) is 2.84. The van der Waals surface area contributed by atoms with Crippen molar-refractivity contribution in [2.24, 2.45) is 0 Å². The van der Waals surface area contributed by atoms with Gasteiger partial charge in [-0.05, 0) is 30.4 Å². The van der Waals surface area contributed by atoms with Crippen LogP contribution in [0.2, 0.25) is 5.02 Å². The minimum absolute atomic E-state index is 0.0703. The van der Waals surface area contributed by atoms with Crippen LogP contribution in [-0.2, 0) is 4.79 Å². The number of carbonyl (C=O) groups excluding carboxylic acids is 1. The summed E-state index contributed by atoms with van der Waals surface area (Å²) in [7, 11) is 3.31. The van der Waals surface area contributed by atoms with Gasteiger partial charge in [0.2, 0.25) is 0 Å². The van der Waals surface area contributed by atoms with Crippen LogP contribution in [0, 0.1) is 0 Å². The van der Waals surface area contributed by atoms with E-state index in [2.05, 4.69) is 15.9 Å². The lowest BCUT2D eigenvalue weighted by Crippen LogP contribution is -2.26. The third kappa shape index (κ3) is 2.48. The van der Waals surface area contributed by atoms with Crippen LogP contribution in [-0.4, -0.2) is 40.0 Å². The van der Waals surface area contributed by atoms with E-state index < -0.39 is 0 Å². The van der Waals surface area contributed by atoms with Gasteiger partial charge in [0, 0.05) is 24.1 Å². The molecular weight excluding hydrogens is 352 g/mol. The van der Waals surface area contributed by atoms with Crippen molar-refractivity contribution in [1.82, 2.24) is 9.80 Å². The van der Waals surface area contributed by atoms with E-state index >= 15 is 0 Å². The van der Waals surface area contributed by atoms with Crippen molar-refractivity contribution in [3.63, 3.8) is 0 Å². The minimum Gasteiger partial charge on any atom is -0.506 e. The average Bonchev–Trinajstić information content (AvgIpc) is 2.53. The summed E-state index contributed by atoms with van der Waals surface area (Å²) in [5.41, 5.74) is 0.838. The Morgan fingerprint density at radius 2 is 2.00 bits per heavy atom. The zero-order valence-electron chi connectivity index (χ0n) is 10.1. The molecule has 19 heavy (non-hydrogen) atoms. The van der Waals surface area contributed by atoms with E-state index in [0.29, 0.717) is 20.8 Å². The first kappa shape index (κ1) is 14.3. The molecule has 4 nitrogen and oxygen atoms in total. The summed E-state index contributed by atoms with van der Waals surface area (Å²) >= 11 is 14.3. The summed E-state index contributed by atoms with van der Waals surface area (Å²) in [5, 5.41) is 10.5. The highest BCUT2D eigenvalue weighted by molar-refractivity contribution is 9.10. The predicted molar refractivity (Wildman–Crippen MR) is 81.9 cm³/mol. The van der Waals surface area contributed by atoms with Crippen molar-refractivity contribution in [3.8, 4) is 5.75 Å². The Kier molecular flexibility index (Phi) is 3.85. The monoisotopic (exact) mass is 360 g/mol. The number of benzene rings is 1. The maximum absolute atomic E-state index is 12.0. The zero-order valence-corrected chi connectivity index (χ0v) is 13.3. The van der Waals surface area contributed by atoms with Crippen LogP contribution in [0.4, 0.5) is 0 Å². The van der Waals surface area contributed by atoms with Crippen LogP contribution in [0.15, 0.2) is 22.3 Å². The molecule has 1 aromatic carbocycles. The number of nitrogens with zero attached hydrogens (tertiary/aromatic N) is 2. The van der Waals surface area contributed by atoms with E-state index in [9.17, 15) is 9.90 Å². The molecule has 7 heteroatoms. The third-order valence-corrected chi connectivity index (χ3v) is 4.10. The first-order valence-electron chi connectivity index (χ1n) is 5.28. The average molecular weight is 362 g/mol. The van der Waals surface area contributed by atoms with Gasteiger partial charge in [0.15, 0.2) is 5.11 Å². The molecule has 1 heterocycles. The molecule has 0 unspecified atom stereocenters. The second-order valence-electron chi connectivity index (χ2n) is 4.06. The largest absolute Gasteiger partial charge is 0.506 e. The number of amides is 1. The second kappa shape index (κ2) is 5.11. The quantitative estimate of drug-likeness (QED) is 0.617. The number of hydrogen-bond donors (Lipinski definition) is 1. The third-order valence-electron chi connectivity index (χ3n) is 2.81. The number of hydrogen-bond acceptors (Lipinski definition) is 3. The smallest absolute Gasteiger partial charge is 0.276 e. The fourth-order valence-electron chi connectivity index (χ4n) is 1.73. The molecule has 0 radical (unpaired) electrons. The molecule has 0 spiro atoms. The summed E-state index contributed by atoms with van der Waals surface area (Å²) in [4.78, 5) is 15.0. The number of carbonyl (C=O) groups is 1. The molecule has 0 atom stereocenters. The van der Waals surface area contributed by atoms with Gasteiger partial charge in [0.1, 0.15) is 11.4 Å². The Balaban J connectivity index is 2.53. The molecule has 1 fully saturated rings. The highest BCUT2D eigenvalue weighted by atomic mass is 79.9. The van der Waals surface area contributed by atoms with Gasteiger partial charge >= 0.3 is 0 Å². The highest BCUT2D eigenvalue weighted by Crippen LogP contribution is 2.33. The normalized spacial score (nSPS) is 17.8. The van der Waals surface area contributed by atoms with Crippen LogP contribution in [0.5, 0.6) is 5.75 Å². The van der Waals surface area contributed by atoms with Crippen LogP contribution in [0.1, 0.15) is 5.56 Å². The molecule has 100 valence electrons. The standard InChI is InChI=1S/C12H10BrClN2O2S/c1-15-9(11(18)16(2)12(15)19)4-6-3-7(13)5-8(14)10(6)17/h3-5,17H,1-2H3/b9-4-. The van der Waals surface area contributed by atoms with Crippen LogP contribution >= 0.6 is 39.7 Å². The number of phenols is 1. The lowest BCUT2D eigenvalue weighted by Gasteiger charge is -2.11. The molecule has 1 aliphatic rings. The Morgan fingerprint density at radius 1 is 1.37 bits per heavy atom. The lowest BCUT2D eigenvalue weighted by atomic mass is 10.1. The van der Waals surface area contributed by atoms with Crippen LogP contribution in [0.3, 0.4) is 0 Å². The molecule has 1 amide bonds. The molecular formula is C12H10BrClN2O2S. The molecule has 0 bridgehead atoms. The van der Waals surface area contributed by atoms with E-state index in [-0.39, 0.29) is 16.7 Å². The molecule has 1 aromatic rings. The van der Waals surface area contributed by atoms with E-state index in [1.807, 2.05) is 0 Å². The van der Waals surface area contributed by atoms with Crippen molar-refractivity contribution < 1.29 is 9.90 Å². The van der Waals surface area contributed by atoms with Gasteiger partial charge < -0.3 is 10.0 Å². The van der Waals surface area contributed by atoms with E-state index in [1.54, 1.807) is 37.2 Å². The summed E-state index contributed by atoms with van der Waals surface area (Å²) in [6, 6.07) is 3.26. The molecule has 0 aliphatic carbocycles. The Labute approximate surface area is 129 Å². The van der Waals surface area contributed by atoms with Crippen molar-refractivity contribution in [3.05, 3.63) is 32.9 Å². The number of phenolic OH excluding ortho intramolecular Hbond substituents is 1. The summed E-state index contributed by atoms with van der Waals surface area (Å²) in [6.45, 7) is 0. The summed E-state index contributed by atoms with van der Waals surface area (Å²) < 4.78 is 0.714. The number of rotatable bonds is 1. The molecule has 1 saturated heterocycles. The van der Waals surface area contributed by atoms with Gasteiger partial charge in [-0.25, -0.2) is 0 Å². The highest BCUT2D eigenvalue weighted by Gasteiger charge is 2.32. The van der Waals surface area contributed by atoms with E-state index in [4.69, 9.17) is 23.8 Å². The van der Waals surface area contributed by atoms with Crippen LogP contribution in [0.25, 0.3) is 6.08 Å². The Morgan fingerprint density at radius 3 is 2.53 bits per heavy atom. The summed E-state index contributed by atoms with van der Waals surface area (Å²) in [6.07, 6.45) is 1.56. The molecule has 0 saturated carbocycles. The van der Waals surface area contributed by atoms with Crippen molar-refractivity contribution >= 4 is 56.8 Å². The fourth-order valence-corrected chi connectivity index (χ4v) is 2.75. The van der Waals surface area contributed by atoms with Gasteiger partial charge in [-0.1, -0.05) is 27.5 Å². The SMILES string of the molecule is CN1C(=O)/C(=C/c2cc(Br)cc(Cl)c2O)N(C)C1=S. The van der Waals surface area contributed by atoms with Gasteiger partial charge in [-0.2, -0.15) is 0 Å². The number of thiocarbonyl (C=S) groups is 1. The van der Waals surface area contributed by atoms with E-state index in [1.165, 1.54) is 4.90 Å². The first-order chi connectivity index (χ1) is 8.82. The first-order valence-corrected chi connectivity index (χ1v) is 6.86. The zero-order chi connectivity index (χ0) is 14.3. The van der Waals surface area contributed by atoms with Gasteiger partial charge in [0.25, 0.3) is 5.91 Å². The maximum atomic E-state index is 12.0. The maximum Gasteiger partial charge on any atom is 0.276 e. The van der Waals surface area contributed by atoms with Gasteiger partial charge in [-0.15, -0.1) is 0 Å². The number of halogens is 2. The van der Waals surface area contributed by atoms with Crippen LogP contribution < -0.4 is 0 Å². The lowest BCUT2D eigenvalue weighted by molar-refractivity contribution is -0.121. The minimum atomic E-state index is -0.219. The second-order valence-corrected chi connectivity index (χ2v) is 5.75. The molecule has 0 aromatic heterocycles. The molecule has 1 aliphatic heterocycles. The van der Waals surface area contributed by atoms with Crippen molar-refractivity contribution in [2.45, 2.75) is 0 Å². The van der Waals surface area contributed by atoms with Gasteiger partial charge in [-0.3, -0.25) is 9.69 Å². The Bertz CT molecular complexity index is 618. The van der Waals surface area contributed by atoms with Crippen molar-refractivity contribution in [2.75, 3.05) is 14.1 Å². The van der Waals surface area contributed by atoms with Crippen molar-refractivity contribution in [1.29, 1.82) is 0 Å². The number of likely N-dealkylation sites (N-methyl/N-ethyl adjacent to an activating group) is 2. The Hall–Kier alpha value is -1.11. The summed E-state index contributed by atoms with van der Waals surface area (Å²) in [5.74, 6) is -0.290. The number of aromatic hydroxyl groups is 1. The van der Waals surface area contributed by atoms with Gasteiger partial charge in [0.05, 0.1) is 5.02 Å². The fraction of sp³-hybridized carbons (Fsp3) is 0.167.